The molecule has 3 rings (SSSR count). The van der Waals surface area contributed by atoms with Crippen LogP contribution in [0.2, 0.25) is 0 Å². The molecule has 3 aromatic rings. The number of aromatic nitrogens is 5. The molecule has 12 heteroatoms. The standard InChI is InChI=1S/C13H12N8O4/c1-6-10(16-20-21(6)12-11(14)18-25-19-12)13(24)17-15-5-7-2-3-8(22)4-9(7)23/h2-5,22-23H,1H3,(H2,14,18)(H,17,24)/b15-5+. The highest BCUT2D eigenvalue weighted by Gasteiger charge is 2.20. The summed E-state index contributed by atoms with van der Waals surface area (Å²) in [6.45, 7) is 1.58. The third kappa shape index (κ3) is 3.08. The van der Waals surface area contributed by atoms with Crippen molar-refractivity contribution in [2.75, 3.05) is 5.73 Å². The molecule has 25 heavy (non-hydrogen) atoms. The Kier molecular flexibility index (Phi) is 3.99. The van der Waals surface area contributed by atoms with E-state index in [1.807, 2.05) is 0 Å². The molecule has 12 nitrogen and oxygen atoms in total. The number of carbonyl (C=O) groups is 1. The molecule has 2 heterocycles. The highest BCUT2D eigenvalue weighted by molar-refractivity contribution is 5.94. The van der Waals surface area contributed by atoms with Crippen LogP contribution in [-0.4, -0.2) is 47.6 Å². The summed E-state index contributed by atoms with van der Waals surface area (Å²) in [5, 5.41) is 37.1. The Morgan fingerprint density at radius 3 is 2.88 bits per heavy atom. The van der Waals surface area contributed by atoms with Gasteiger partial charge in [0.1, 0.15) is 11.5 Å². The molecule has 0 unspecified atom stereocenters. The molecule has 5 N–H and O–H groups in total. The number of phenolic OH excluding ortho intramolecular Hbond substituents is 2. The van der Waals surface area contributed by atoms with E-state index in [1.54, 1.807) is 6.92 Å². The summed E-state index contributed by atoms with van der Waals surface area (Å²) in [5.41, 5.74) is 8.48. The summed E-state index contributed by atoms with van der Waals surface area (Å²) < 4.78 is 5.68. The zero-order chi connectivity index (χ0) is 18.0. The van der Waals surface area contributed by atoms with Crippen molar-refractivity contribution in [3.8, 4) is 17.3 Å². The first kappa shape index (κ1) is 15.9. The van der Waals surface area contributed by atoms with Crippen molar-refractivity contribution in [2.24, 2.45) is 5.10 Å². The molecule has 0 bridgehead atoms. The monoisotopic (exact) mass is 344 g/mol. The average Bonchev–Trinajstić information content (AvgIpc) is 3.15. The summed E-state index contributed by atoms with van der Waals surface area (Å²) in [6, 6.07) is 3.95. The molecule has 0 saturated heterocycles. The maximum Gasteiger partial charge on any atom is 0.293 e. The van der Waals surface area contributed by atoms with Crippen LogP contribution in [0.1, 0.15) is 21.7 Å². The number of aromatic hydroxyl groups is 2. The Bertz CT molecular complexity index is 961. The fourth-order valence-corrected chi connectivity index (χ4v) is 1.93. The molecular weight excluding hydrogens is 332 g/mol. The number of carbonyl (C=O) groups excluding carboxylic acids is 1. The number of nitrogens with two attached hydrogens (primary N) is 1. The number of nitrogens with one attached hydrogen (secondary N) is 1. The highest BCUT2D eigenvalue weighted by atomic mass is 16.6. The van der Waals surface area contributed by atoms with Gasteiger partial charge in [0, 0.05) is 11.6 Å². The van der Waals surface area contributed by atoms with Crippen molar-refractivity contribution in [3.63, 3.8) is 0 Å². The molecule has 0 radical (unpaired) electrons. The number of phenols is 2. The zero-order valence-electron chi connectivity index (χ0n) is 12.8. The smallest absolute Gasteiger partial charge is 0.293 e. The average molecular weight is 344 g/mol. The van der Waals surface area contributed by atoms with Gasteiger partial charge in [0.15, 0.2) is 5.69 Å². The molecule has 0 aliphatic rings. The second kappa shape index (κ2) is 6.27. The molecule has 128 valence electrons. The zero-order valence-corrected chi connectivity index (χ0v) is 12.8. The lowest BCUT2D eigenvalue weighted by Crippen LogP contribution is -2.19. The van der Waals surface area contributed by atoms with E-state index in [0.717, 1.165) is 6.07 Å². The second-order valence-electron chi connectivity index (χ2n) is 4.85. The van der Waals surface area contributed by atoms with Gasteiger partial charge in [-0.3, -0.25) is 4.79 Å². The van der Waals surface area contributed by atoms with Crippen LogP contribution in [0.4, 0.5) is 5.82 Å². The maximum absolute atomic E-state index is 12.1. The van der Waals surface area contributed by atoms with Gasteiger partial charge in [0.25, 0.3) is 5.91 Å². The summed E-state index contributed by atoms with van der Waals surface area (Å²) in [7, 11) is 0. The summed E-state index contributed by atoms with van der Waals surface area (Å²) in [5.74, 6) is -0.794. The number of nitrogens with zero attached hydrogens (tertiary/aromatic N) is 6. The fourth-order valence-electron chi connectivity index (χ4n) is 1.93. The van der Waals surface area contributed by atoms with Crippen LogP contribution in [0.25, 0.3) is 5.82 Å². The van der Waals surface area contributed by atoms with Crippen molar-refractivity contribution in [3.05, 3.63) is 35.2 Å². The minimum Gasteiger partial charge on any atom is -0.508 e. The van der Waals surface area contributed by atoms with Crippen LogP contribution < -0.4 is 11.2 Å². The van der Waals surface area contributed by atoms with Gasteiger partial charge < -0.3 is 15.9 Å². The Balaban J connectivity index is 1.75. The van der Waals surface area contributed by atoms with Crippen molar-refractivity contribution in [2.45, 2.75) is 6.92 Å². The molecule has 0 aliphatic heterocycles. The lowest BCUT2D eigenvalue weighted by molar-refractivity contribution is 0.0949. The van der Waals surface area contributed by atoms with Crippen molar-refractivity contribution in [1.82, 2.24) is 30.7 Å². The van der Waals surface area contributed by atoms with Crippen LogP contribution in [0, 0.1) is 6.92 Å². The van der Waals surface area contributed by atoms with E-state index in [-0.39, 0.29) is 28.8 Å². The molecule has 0 atom stereocenters. The third-order valence-corrected chi connectivity index (χ3v) is 3.19. The Labute approximate surface area is 139 Å². The molecule has 0 aliphatic carbocycles. The third-order valence-electron chi connectivity index (χ3n) is 3.19. The van der Waals surface area contributed by atoms with Crippen LogP contribution in [0.15, 0.2) is 27.9 Å². The van der Waals surface area contributed by atoms with Crippen molar-refractivity contribution in [1.29, 1.82) is 0 Å². The number of nitrogen functional groups attached to an aromatic ring is 1. The largest absolute Gasteiger partial charge is 0.508 e. The van der Waals surface area contributed by atoms with Gasteiger partial charge in [-0.25, -0.2) is 10.1 Å². The SMILES string of the molecule is Cc1c(C(=O)N/N=C/c2ccc(O)cc2O)nnn1-c1nonc1N. The highest BCUT2D eigenvalue weighted by Crippen LogP contribution is 2.20. The van der Waals surface area contributed by atoms with Gasteiger partial charge in [-0.1, -0.05) is 5.21 Å². The second-order valence-corrected chi connectivity index (χ2v) is 4.85. The van der Waals surface area contributed by atoms with E-state index in [4.69, 9.17) is 5.73 Å². The van der Waals surface area contributed by atoms with E-state index < -0.39 is 5.91 Å². The first-order valence-electron chi connectivity index (χ1n) is 6.83. The molecule has 1 amide bonds. The van der Waals surface area contributed by atoms with E-state index in [9.17, 15) is 15.0 Å². The Morgan fingerprint density at radius 2 is 2.20 bits per heavy atom. The topological polar surface area (TPSA) is 178 Å². The molecule has 0 fully saturated rings. The van der Waals surface area contributed by atoms with E-state index >= 15 is 0 Å². The van der Waals surface area contributed by atoms with Gasteiger partial charge in [0.2, 0.25) is 11.6 Å². The van der Waals surface area contributed by atoms with Crippen LogP contribution >= 0.6 is 0 Å². The Hall–Kier alpha value is -3.96. The van der Waals surface area contributed by atoms with Crippen molar-refractivity contribution < 1.29 is 19.6 Å². The van der Waals surface area contributed by atoms with Gasteiger partial charge in [-0.05, 0) is 29.4 Å². The summed E-state index contributed by atoms with van der Waals surface area (Å²) >= 11 is 0. The number of hydrazone groups is 1. The molecular formula is C13H12N8O4. The lowest BCUT2D eigenvalue weighted by Gasteiger charge is -2.00. The summed E-state index contributed by atoms with van der Waals surface area (Å²) in [4.78, 5) is 12.1. The first-order chi connectivity index (χ1) is 12.0. The molecule has 2 aromatic heterocycles. The number of benzene rings is 1. The van der Waals surface area contributed by atoms with Crippen molar-refractivity contribution >= 4 is 17.9 Å². The van der Waals surface area contributed by atoms with Gasteiger partial charge in [0.05, 0.1) is 11.9 Å². The maximum atomic E-state index is 12.1. The Morgan fingerprint density at radius 1 is 1.40 bits per heavy atom. The number of hydrogen-bond donors (Lipinski definition) is 4. The predicted octanol–water partition coefficient (Wildman–Crippen LogP) is -0.284. The van der Waals surface area contributed by atoms with E-state index in [0.29, 0.717) is 11.3 Å². The minimum atomic E-state index is -0.631. The fraction of sp³-hybridized carbons (Fsp3) is 0.0769. The van der Waals surface area contributed by atoms with Gasteiger partial charge >= 0.3 is 0 Å². The number of amides is 1. The minimum absolute atomic E-state index is 0.000726. The van der Waals surface area contributed by atoms with Gasteiger partial charge in [-0.15, -0.1) is 5.10 Å². The van der Waals surface area contributed by atoms with E-state index in [2.05, 4.69) is 35.8 Å². The number of hydrogen-bond acceptors (Lipinski definition) is 10. The molecule has 1 aromatic carbocycles. The van der Waals surface area contributed by atoms with Crippen LogP contribution in [0.5, 0.6) is 11.5 Å². The quantitative estimate of drug-likeness (QED) is 0.366. The van der Waals surface area contributed by atoms with Crippen LogP contribution in [-0.2, 0) is 0 Å². The van der Waals surface area contributed by atoms with Gasteiger partial charge in [-0.2, -0.15) is 9.78 Å². The molecule has 0 spiro atoms. The number of anilines is 1. The molecule has 0 saturated carbocycles. The van der Waals surface area contributed by atoms with E-state index in [1.165, 1.54) is 23.0 Å². The predicted molar refractivity (Wildman–Crippen MR) is 83.2 cm³/mol. The normalized spacial score (nSPS) is 11.1. The first-order valence-corrected chi connectivity index (χ1v) is 6.83. The van der Waals surface area contributed by atoms with Crippen LogP contribution in [0.3, 0.4) is 0 Å². The number of rotatable bonds is 4. The lowest BCUT2D eigenvalue weighted by atomic mass is 10.2. The summed E-state index contributed by atoms with van der Waals surface area (Å²) in [6.07, 6.45) is 1.21.